The largest absolute Gasteiger partial charge is 0.457 e. The zero-order valence-corrected chi connectivity index (χ0v) is 12.4. The molecule has 2 N–H and O–H groups in total. The van der Waals surface area contributed by atoms with E-state index in [9.17, 15) is 19.7 Å². The lowest BCUT2D eigenvalue weighted by Gasteiger charge is -2.24. The van der Waals surface area contributed by atoms with Gasteiger partial charge >= 0.3 is 5.97 Å². The molecule has 118 valence electrons. The molecule has 7 nitrogen and oxygen atoms in total. The molecule has 0 amide bonds. The molecule has 1 aliphatic carbocycles. The van der Waals surface area contributed by atoms with E-state index < -0.39 is 16.8 Å². The minimum absolute atomic E-state index is 0.00913. The van der Waals surface area contributed by atoms with Gasteiger partial charge in [-0.2, -0.15) is 0 Å². The van der Waals surface area contributed by atoms with Crippen LogP contribution >= 0.6 is 0 Å². The molecule has 1 aliphatic heterocycles. The van der Waals surface area contributed by atoms with Crippen molar-refractivity contribution in [1.82, 2.24) is 0 Å². The molecular weight excluding hydrogens is 300 g/mol. The van der Waals surface area contributed by atoms with Gasteiger partial charge in [-0.15, -0.1) is 0 Å². The maximum Gasteiger partial charge on any atom is 0.335 e. The average molecular weight is 314 g/mol. The van der Waals surface area contributed by atoms with E-state index in [0.717, 1.165) is 0 Å². The number of hydrogen-bond donors (Lipinski definition) is 1. The highest BCUT2D eigenvalue weighted by Gasteiger charge is 2.39. The van der Waals surface area contributed by atoms with Gasteiger partial charge in [-0.3, -0.25) is 14.9 Å². The SMILES string of the molecule is CC(=O)C1=C(N)CC(c2cccc([N+](=O)[O-])c2)C2=C1COC2=O. The van der Waals surface area contributed by atoms with Gasteiger partial charge < -0.3 is 10.5 Å². The summed E-state index contributed by atoms with van der Waals surface area (Å²) in [5.41, 5.74) is 8.18. The van der Waals surface area contributed by atoms with Crippen molar-refractivity contribution in [3.63, 3.8) is 0 Å². The lowest BCUT2D eigenvalue weighted by molar-refractivity contribution is -0.384. The zero-order chi connectivity index (χ0) is 16.7. The molecule has 0 bridgehead atoms. The van der Waals surface area contributed by atoms with Crippen LogP contribution in [0.1, 0.15) is 24.8 Å². The number of carbonyl (C=O) groups excluding carboxylic acids is 2. The highest BCUT2D eigenvalue weighted by atomic mass is 16.6. The average Bonchev–Trinajstić information content (AvgIpc) is 2.88. The summed E-state index contributed by atoms with van der Waals surface area (Å²) in [6, 6.07) is 6.08. The van der Waals surface area contributed by atoms with Crippen molar-refractivity contribution >= 4 is 17.4 Å². The summed E-state index contributed by atoms with van der Waals surface area (Å²) in [6.45, 7) is 1.40. The Morgan fingerprint density at radius 1 is 1.43 bits per heavy atom. The summed E-state index contributed by atoms with van der Waals surface area (Å²) in [5.74, 6) is -1.16. The van der Waals surface area contributed by atoms with Crippen LogP contribution in [0.3, 0.4) is 0 Å². The standard InChI is InChI=1S/C16H14N2O5/c1-8(19)14-12-7-23-16(20)15(12)11(6-13(14)17)9-3-2-4-10(5-9)18(21)22/h2-5,11H,6-7,17H2,1H3. The van der Waals surface area contributed by atoms with Crippen LogP contribution in [0, 0.1) is 10.1 Å². The van der Waals surface area contributed by atoms with Crippen molar-refractivity contribution in [3.05, 3.63) is 62.4 Å². The Morgan fingerprint density at radius 3 is 2.83 bits per heavy atom. The molecule has 0 saturated carbocycles. The third-order valence-corrected chi connectivity index (χ3v) is 4.12. The molecule has 1 heterocycles. The maximum absolute atomic E-state index is 12.1. The van der Waals surface area contributed by atoms with E-state index in [1.807, 2.05) is 0 Å². The molecule has 1 unspecified atom stereocenters. The number of nitrogens with two attached hydrogens (primary N) is 1. The van der Waals surface area contributed by atoms with Gasteiger partial charge in [0.25, 0.3) is 5.69 Å². The smallest absolute Gasteiger partial charge is 0.335 e. The number of nitro benzene ring substituents is 1. The summed E-state index contributed by atoms with van der Waals surface area (Å²) < 4.78 is 5.07. The highest BCUT2D eigenvalue weighted by molar-refractivity contribution is 6.05. The normalized spacial score (nSPS) is 20.4. The van der Waals surface area contributed by atoms with E-state index in [0.29, 0.717) is 28.0 Å². The topological polar surface area (TPSA) is 113 Å². The van der Waals surface area contributed by atoms with Gasteiger partial charge in [0.1, 0.15) is 6.61 Å². The number of non-ortho nitro benzene ring substituents is 1. The summed E-state index contributed by atoms with van der Waals surface area (Å²) >= 11 is 0. The lowest BCUT2D eigenvalue weighted by atomic mass is 9.77. The molecule has 3 rings (SSSR count). The van der Waals surface area contributed by atoms with Crippen molar-refractivity contribution < 1.29 is 19.2 Å². The molecule has 0 saturated heterocycles. The summed E-state index contributed by atoms with van der Waals surface area (Å²) in [4.78, 5) is 34.4. The van der Waals surface area contributed by atoms with Gasteiger partial charge in [0.05, 0.1) is 10.5 Å². The molecule has 7 heteroatoms. The van der Waals surface area contributed by atoms with Crippen LogP contribution in [-0.4, -0.2) is 23.3 Å². The molecule has 1 aromatic rings. The van der Waals surface area contributed by atoms with Crippen molar-refractivity contribution in [2.24, 2.45) is 5.73 Å². The van der Waals surface area contributed by atoms with Gasteiger partial charge in [-0.25, -0.2) is 4.79 Å². The minimum atomic E-state index is -0.497. The Hall–Kier alpha value is -2.96. The number of rotatable bonds is 3. The Morgan fingerprint density at radius 2 is 2.17 bits per heavy atom. The van der Waals surface area contributed by atoms with E-state index >= 15 is 0 Å². The Balaban J connectivity index is 2.12. The number of allylic oxidation sites excluding steroid dienone is 1. The predicted molar refractivity (Wildman–Crippen MR) is 80.3 cm³/mol. The van der Waals surface area contributed by atoms with Crippen LogP contribution in [0.2, 0.25) is 0 Å². The van der Waals surface area contributed by atoms with E-state index in [4.69, 9.17) is 10.5 Å². The van der Waals surface area contributed by atoms with Gasteiger partial charge in [0.15, 0.2) is 5.78 Å². The summed E-state index contributed by atoms with van der Waals surface area (Å²) in [7, 11) is 0. The first-order chi connectivity index (χ1) is 10.9. The molecule has 0 radical (unpaired) electrons. The van der Waals surface area contributed by atoms with Crippen LogP contribution in [0.15, 0.2) is 46.7 Å². The van der Waals surface area contributed by atoms with E-state index in [-0.39, 0.29) is 24.5 Å². The number of benzene rings is 1. The molecule has 1 aromatic carbocycles. The second-order valence-corrected chi connectivity index (χ2v) is 5.53. The number of esters is 1. The second-order valence-electron chi connectivity index (χ2n) is 5.53. The first-order valence-corrected chi connectivity index (χ1v) is 7.04. The monoisotopic (exact) mass is 314 g/mol. The number of carbonyl (C=O) groups is 2. The van der Waals surface area contributed by atoms with Crippen molar-refractivity contribution in [2.45, 2.75) is 19.3 Å². The van der Waals surface area contributed by atoms with Gasteiger partial charge in [0, 0.05) is 34.9 Å². The van der Waals surface area contributed by atoms with Crippen molar-refractivity contribution in [3.8, 4) is 0 Å². The van der Waals surface area contributed by atoms with E-state index in [1.165, 1.54) is 19.1 Å². The van der Waals surface area contributed by atoms with Crippen molar-refractivity contribution in [2.75, 3.05) is 6.61 Å². The first-order valence-electron chi connectivity index (χ1n) is 7.04. The molecule has 0 spiro atoms. The Labute approximate surface area is 131 Å². The Bertz CT molecular complexity index is 806. The Kier molecular flexibility index (Phi) is 3.48. The molecule has 1 atom stereocenters. The van der Waals surface area contributed by atoms with E-state index in [1.54, 1.807) is 12.1 Å². The number of cyclic esters (lactones) is 1. The van der Waals surface area contributed by atoms with Crippen LogP contribution < -0.4 is 5.73 Å². The van der Waals surface area contributed by atoms with Crippen LogP contribution in [0.5, 0.6) is 0 Å². The third-order valence-electron chi connectivity index (χ3n) is 4.12. The van der Waals surface area contributed by atoms with Crippen LogP contribution in [0.4, 0.5) is 5.69 Å². The van der Waals surface area contributed by atoms with Crippen LogP contribution in [0.25, 0.3) is 0 Å². The maximum atomic E-state index is 12.1. The van der Waals surface area contributed by atoms with Gasteiger partial charge in [0.2, 0.25) is 0 Å². The number of nitrogens with zero attached hydrogens (tertiary/aromatic N) is 1. The quantitative estimate of drug-likeness (QED) is 0.516. The zero-order valence-electron chi connectivity index (χ0n) is 12.4. The number of ether oxygens (including phenoxy) is 1. The van der Waals surface area contributed by atoms with E-state index in [2.05, 4.69) is 0 Å². The summed E-state index contributed by atoms with van der Waals surface area (Å²) in [6.07, 6.45) is 0.254. The fraction of sp³-hybridized carbons (Fsp3) is 0.250. The van der Waals surface area contributed by atoms with Gasteiger partial charge in [-0.1, -0.05) is 12.1 Å². The first kappa shape index (κ1) is 15.0. The third kappa shape index (κ3) is 2.40. The van der Waals surface area contributed by atoms with Crippen molar-refractivity contribution in [1.29, 1.82) is 0 Å². The fourth-order valence-corrected chi connectivity index (χ4v) is 3.17. The second kappa shape index (κ2) is 5.35. The fourth-order valence-electron chi connectivity index (χ4n) is 3.17. The highest BCUT2D eigenvalue weighted by Crippen LogP contribution is 2.43. The minimum Gasteiger partial charge on any atom is -0.457 e. The molecule has 0 aromatic heterocycles. The molecule has 2 aliphatic rings. The lowest BCUT2D eigenvalue weighted by Crippen LogP contribution is -2.22. The summed E-state index contributed by atoms with van der Waals surface area (Å²) in [5, 5.41) is 11.0. The number of nitro groups is 1. The van der Waals surface area contributed by atoms with Gasteiger partial charge in [-0.05, 0) is 18.9 Å². The number of hydrogen-bond acceptors (Lipinski definition) is 6. The predicted octanol–water partition coefficient (Wildman–Crippen LogP) is 1.74. The van der Waals surface area contributed by atoms with Crippen LogP contribution in [-0.2, 0) is 14.3 Å². The molecule has 0 fully saturated rings. The number of Topliss-reactive ketones (excluding diaryl/α,β-unsaturated/α-hetero) is 1. The molecular formula is C16H14N2O5. The number of ketones is 1. The molecule has 23 heavy (non-hydrogen) atoms.